The molecule has 2 N–H and O–H groups in total. The first-order chi connectivity index (χ1) is 11.2. The molecule has 2 rings (SSSR count). The number of anilines is 1. The zero-order valence-electron chi connectivity index (χ0n) is 12.8. The maximum Gasteiger partial charge on any atom is 0.176 e. The Balaban J connectivity index is 2.05. The summed E-state index contributed by atoms with van der Waals surface area (Å²) in [4.78, 5) is 0. The number of halogens is 1. The molecule has 0 fully saturated rings. The first-order valence-corrected chi connectivity index (χ1v) is 8.31. The molecule has 2 aromatic carbocycles. The lowest BCUT2D eigenvalue weighted by atomic mass is 10.2. The fourth-order valence-electron chi connectivity index (χ4n) is 2.00. The third-order valence-electron chi connectivity index (χ3n) is 2.95. The monoisotopic (exact) mass is 423 g/mol. The third-order valence-corrected chi connectivity index (χ3v) is 3.75. The van der Waals surface area contributed by atoms with Crippen LogP contribution in [0.15, 0.2) is 42.5 Å². The van der Waals surface area contributed by atoms with Gasteiger partial charge in [0.2, 0.25) is 0 Å². The molecule has 0 radical (unpaired) electrons. The molecule has 23 heavy (non-hydrogen) atoms. The number of hydrazine groups is 1. The Morgan fingerprint density at radius 2 is 1.96 bits per heavy atom. The van der Waals surface area contributed by atoms with Gasteiger partial charge < -0.3 is 14.9 Å². The lowest BCUT2D eigenvalue weighted by Gasteiger charge is -2.15. The van der Waals surface area contributed by atoms with Gasteiger partial charge in [-0.25, -0.2) is 5.43 Å². The van der Waals surface area contributed by atoms with Crippen molar-refractivity contribution >= 4 is 28.3 Å². The predicted molar refractivity (Wildman–Crippen MR) is 98.3 cm³/mol. The van der Waals surface area contributed by atoms with Gasteiger partial charge in [-0.1, -0.05) is 18.2 Å². The van der Waals surface area contributed by atoms with Crippen LogP contribution in [0.5, 0.6) is 11.5 Å². The van der Waals surface area contributed by atoms with Crippen LogP contribution in [-0.4, -0.2) is 13.2 Å². The summed E-state index contributed by atoms with van der Waals surface area (Å²) in [5.41, 5.74) is 8.38. The van der Waals surface area contributed by atoms with E-state index < -0.39 is 0 Å². The molecule has 0 saturated heterocycles. The van der Waals surface area contributed by atoms with Crippen molar-refractivity contribution in [3.05, 3.63) is 51.6 Å². The fraction of sp³-hybridized carbons (Fsp3) is 0.235. The second kappa shape index (κ2) is 9.22. The number of nitriles is 1. The number of para-hydroxylation sites is 1. The molecule has 2 aromatic rings. The van der Waals surface area contributed by atoms with Crippen LogP contribution < -0.4 is 20.3 Å². The summed E-state index contributed by atoms with van der Waals surface area (Å²) in [6.45, 7) is 3.09. The summed E-state index contributed by atoms with van der Waals surface area (Å²) in [5.74, 6) is 1.28. The van der Waals surface area contributed by atoms with Crippen molar-refractivity contribution < 1.29 is 9.47 Å². The van der Waals surface area contributed by atoms with Crippen LogP contribution in [0.1, 0.15) is 12.5 Å². The molecule has 0 amide bonds. The van der Waals surface area contributed by atoms with Crippen LogP contribution in [-0.2, 0) is 6.54 Å². The minimum Gasteiger partial charge on any atom is -0.490 e. The molecule has 0 atom stereocenters. The maximum atomic E-state index is 8.68. The quantitative estimate of drug-likeness (QED) is 0.501. The number of nitrogens with zero attached hydrogens (tertiary/aromatic N) is 1. The van der Waals surface area contributed by atoms with Crippen molar-refractivity contribution in [3.8, 4) is 17.6 Å². The summed E-state index contributed by atoms with van der Waals surface area (Å²) < 4.78 is 12.0. The third kappa shape index (κ3) is 5.30. The molecule has 5 nitrogen and oxygen atoms in total. The van der Waals surface area contributed by atoms with Crippen LogP contribution in [0.4, 0.5) is 5.69 Å². The Bertz CT molecular complexity index is 672. The van der Waals surface area contributed by atoms with E-state index in [2.05, 4.69) is 33.4 Å². The molecule has 0 heterocycles. The number of benzene rings is 2. The zero-order valence-corrected chi connectivity index (χ0v) is 15.0. The molecule has 0 aliphatic heterocycles. The molecule has 0 bridgehead atoms. The van der Waals surface area contributed by atoms with Gasteiger partial charge in [-0.05, 0) is 59.3 Å². The number of ether oxygens (including phenoxy) is 2. The summed E-state index contributed by atoms with van der Waals surface area (Å²) in [7, 11) is 0. The van der Waals surface area contributed by atoms with E-state index in [1.807, 2.05) is 55.5 Å². The molecule has 0 aromatic heterocycles. The van der Waals surface area contributed by atoms with Gasteiger partial charge in [-0.2, -0.15) is 5.26 Å². The lowest BCUT2D eigenvalue weighted by Crippen LogP contribution is -2.21. The highest BCUT2D eigenvalue weighted by molar-refractivity contribution is 14.1. The molecule has 6 heteroatoms. The minimum absolute atomic E-state index is 0.00321. The smallest absolute Gasteiger partial charge is 0.176 e. The Labute approximate surface area is 149 Å². The minimum atomic E-state index is 0.00321. The van der Waals surface area contributed by atoms with E-state index in [-0.39, 0.29) is 6.61 Å². The summed E-state index contributed by atoms with van der Waals surface area (Å²) >= 11 is 2.19. The Hall–Kier alpha value is -1.98. The van der Waals surface area contributed by atoms with E-state index in [0.29, 0.717) is 24.7 Å². The van der Waals surface area contributed by atoms with E-state index in [9.17, 15) is 0 Å². The van der Waals surface area contributed by atoms with Gasteiger partial charge in [0.15, 0.2) is 18.1 Å². The van der Waals surface area contributed by atoms with Crippen LogP contribution >= 0.6 is 22.6 Å². The topological polar surface area (TPSA) is 66.3 Å². The second-order valence-corrected chi connectivity index (χ2v) is 5.79. The number of hydrogen-bond donors (Lipinski definition) is 2. The number of rotatable bonds is 8. The Morgan fingerprint density at radius 1 is 1.17 bits per heavy atom. The standard InChI is InChI=1S/C17H18IN3O2/c1-2-22-16-11-13(10-15(18)17(16)23-9-8-19)12-20-21-14-6-4-3-5-7-14/h3-7,10-11,20-21H,2,9,12H2,1H3. The molecule has 0 aliphatic carbocycles. The number of nitrogens with one attached hydrogen (secondary N) is 2. The predicted octanol–water partition coefficient (Wildman–Crippen LogP) is 3.71. The summed E-state index contributed by atoms with van der Waals surface area (Å²) in [6, 6.07) is 15.8. The summed E-state index contributed by atoms with van der Waals surface area (Å²) in [6.07, 6.45) is 0. The largest absolute Gasteiger partial charge is 0.490 e. The molecule has 0 unspecified atom stereocenters. The van der Waals surface area contributed by atoms with E-state index in [0.717, 1.165) is 14.8 Å². The molecule has 0 saturated carbocycles. The Morgan fingerprint density at radius 3 is 2.65 bits per heavy atom. The maximum absolute atomic E-state index is 8.68. The lowest BCUT2D eigenvalue weighted by molar-refractivity contribution is 0.296. The summed E-state index contributed by atoms with van der Waals surface area (Å²) in [5, 5.41) is 8.68. The van der Waals surface area contributed by atoms with Gasteiger partial charge in [-0.15, -0.1) is 0 Å². The first kappa shape index (κ1) is 17.4. The van der Waals surface area contributed by atoms with E-state index >= 15 is 0 Å². The van der Waals surface area contributed by atoms with Crippen molar-refractivity contribution in [1.29, 1.82) is 5.26 Å². The van der Waals surface area contributed by atoms with Crippen molar-refractivity contribution in [2.75, 3.05) is 18.6 Å². The van der Waals surface area contributed by atoms with E-state index in [1.54, 1.807) is 0 Å². The van der Waals surface area contributed by atoms with Crippen LogP contribution in [0, 0.1) is 14.9 Å². The zero-order chi connectivity index (χ0) is 16.5. The van der Waals surface area contributed by atoms with Gasteiger partial charge in [0.05, 0.1) is 10.2 Å². The highest BCUT2D eigenvalue weighted by Crippen LogP contribution is 2.34. The van der Waals surface area contributed by atoms with E-state index in [1.165, 1.54) is 0 Å². The van der Waals surface area contributed by atoms with Gasteiger partial charge >= 0.3 is 0 Å². The van der Waals surface area contributed by atoms with Gasteiger partial charge in [-0.3, -0.25) is 0 Å². The normalized spacial score (nSPS) is 9.96. The molecular formula is C17H18IN3O2. The van der Waals surface area contributed by atoms with E-state index in [4.69, 9.17) is 14.7 Å². The van der Waals surface area contributed by atoms with Crippen molar-refractivity contribution in [3.63, 3.8) is 0 Å². The molecular weight excluding hydrogens is 405 g/mol. The first-order valence-electron chi connectivity index (χ1n) is 7.23. The highest BCUT2D eigenvalue weighted by Gasteiger charge is 2.12. The van der Waals surface area contributed by atoms with Crippen molar-refractivity contribution in [2.24, 2.45) is 0 Å². The van der Waals surface area contributed by atoms with Crippen LogP contribution in [0.25, 0.3) is 0 Å². The SMILES string of the molecule is CCOc1cc(CNNc2ccccc2)cc(I)c1OCC#N. The second-order valence-electron chi connectivity index (χ2n) is 4.63. The molecule has 0 spiro atoms. The average molecular weight is 423 g/mol. The molecule has 0 aliphatic rings. The van der Waals surface area contributed by atoms with Crippen molar-refractivity contribution in [1.82, 2.24) is 5.43 Å². The van der Waals surface area contributed by atoms with Crippen LogP contribution in [0.3, 0.4) is 0 Å². The highest BCUT2D eigenvalue weighted by atomic mass is 127. The fourth-order valence-corrected chi connectivity index (χ4v) is 2.82. The molecule has 120 valence electrons. The number of hydrogen-bond acceptors (Lipinski definition) is 5. The average Bonchev–Trinajstić information content (AvgIpc) is 2.55. The van der Waals surface area contributed by atoms with Crippen LogP contribution in [0.2, 0.25) is 0 Å². The van der Waals surface area contributed by atoms with Gasteiger partial charge in [0.25, 0.3) is 0 Å². The van der Waals surface area contributed by atoms with Crippen molar-refractivity contribution in [2.45, 2.75) is 13.5 Å². The van der Waals surface area contributed by atoms with Gasteiger partial charge in [0, 0.05) is 12.2 Å². The van der Waals surface area contributed by atoms with Gasteiger partial charge in [0.1, 0.15) is 6.07 Å². The Kier molecular flexibility index (Phi) is 6.97.